The number of benzene rings is 1. The summed E-state index contributed by atoms with van der Waals surface area (Å²) in [5.41, 5.74) is -0.0838. The van der Waals surface area contributed by atoms with E-state index in [-0.39, 0.29) is 12.4 Å². The number of carbonyl (C=O) groups excluding carboxylic acids is 1. The van der Waals surface area contributed by atoms with E-state index in [4.69, 9.17) is 25.9 Å². The fourth-order valence-corrected chi connectivity index (χ4v) is 1.47. The molecule has 0 radical (unpaired) electrons. The summed E-state index contributed by atoms with van der Waals surface area (Å²) in [5.74, 6) is -0.376. The van der Waals surface area contributed by atoms with Crippen LogP contribution in [0.15, 0.2) is 45.8 Å². The first-order chi connectivity index (χ1) is 9.54. The molecular formula is C13H10ClNO5. The van der Waals surface area contributed by atoms with Crippen molar-refractivity contribution in [3.05, 3.63) is 57.6 Å². The number of nitrogens with one attached hydrogen (secondary N) is 1. The van der Waals surface area contributed by atoms with E-state index in [1.165, 1.54) is 0 Å². The summed E-state index contributed by atoms with van der Waals surface area (Å²) in [7, 11) is 0. The van der Waals surface area contributed by atoms with E-state index in [9.17, 15) is 9.59 Å². The zero-order valence-electron chi connectivity index (χ0n) is 10.1. The summed E-state index contributed by atoms with van der Waals surface area (Å²) in [6, 6.07) is 7.52. The van der Waals surface area contributed by atoms with E-state index >= 15 is 0 Å². The van der Waals surface area contributed by atoms with E-state index in [1.54, 1.807) is 24.3 Å². The smallest absolute Gasteiger partial charge is 0.412 e. The minimum absolute atomic E-state index is 0.124. The van der Waals surface area contributed by atoms with Crippen LogP contribution in [-0.2, 0) is 11.3 Å². The van der Waals surface area contributed by atoms with Gasteiger partial charge in [-0.2, -0.15) is 0 Å². The van der Waals surface area contributed by atoms with Gasteiger partial charge in [0.25, 0.3) is 0 Å². The van der Waals surface area contributed by atoms with Crippen molar-refractivity contribution in [1.29, 1.82) is 0 Å². The van der Waals surface area contributed by atoms with Gasteiger partial charge >= 0.3 is 6.09 Å². The molecule has 2 N–H and O–H groups in total. The summed E-state index contributed by atoms with van der Waals surface area (Å²) in [5, 5.41) is 12.0. The number of ether oxygens (including phenoxy) is 1. The number of halogens is 1. The SMILES string of the molecule is O=C(Nc1ccc(Cl)cc1)OCc1cc(=O)c(O)co1. The first-order valence-electron chi connectivity index (χ1n) is 5.54. The van der Waals surface area contributed by atoms with Crippen LogP contribution < -0.4 is 10.7 Å². The normalized spacial score (nSPS) is 10.1. The van der Waals surface area contributed by atoms with Gasteiger partial charge in [-0.1, -0.05) is 11.6 Å². The van der Waals surface area contributed by atoms with Gasteiger partial charge in [-0.15, -0.1) is 0 Å². The van der Waals surface area contributed by atoms with Crippen molar-refractivity contribution in [3.63, 3.8) is 0 Å². The van der Waals surface area contributed by atoms with Crippen molar-refractivity contribution in [2.24, 2.45) is 0 Å². The Morgan fingerprint density at radius 1 is 1.35 bits per heavy atom. The van der Waals surface area contributed by atoms with Gasteiger partial charge in [0.1, 0.15) is 12.0 Å². The molecule has 0 aliphatic rings. The predicted octanol–water partition coefficient (Wildman–Crippen LogP) is 2.75. The summed E-state index contributed by atoms with van der Waals surface area (Å²) in [4.78, 5) is 22.6. The van der Waals surface area contributed by atoms with Crippen molar-refractivity contribution in [1.82, 2.24) is 0 Å². The highest BCUT2D eigenvalue weighted by molar-refractivity contribution is 6.30. The van der Waals surface area contributed by atoms with Crippen LogP contribution >= 0.6 is 11.6 Å². The van der Waals surface area contributed by atoms with Gasteiger partial charge in [0.05, 0.1) is 0 Å². The number of carbonyl (C=O) groups is 1. The second kappa shape index (κ2) is 6.12. The fraction of sp³-hybridized carbons (Fsp3) is 0.0769. The molecule has 7 heteroatoms. The molecule has 0 fully saturated rings. The highest BCUT2D eigenvalue weighted by Crippen LogP contribution is 2.13. The van der Waals surface area contributed by atoms with Crippen LogP contribution in [0, 0.1) is 0 Å². The predicted molar refractivity (Wildman–Crippen MR) is 71.9 cm³/mol. The number of hydrogen-bond donors (Lipinski definition) is 2. The van der Waals surface area contributed by atoms with Crippen LogP contribution in [0.4, 0.5) is 10.5 Å². The van der Waals surface area contributed by atoms with E-state index in [0.29, 0.717) is 10.7 Å². The first kappa shape index (κ1) is 14.0. The molecule has 0 aliphatic heterocycles. The highest BCUT2D eigenvalue weighted by Gasteiger charge is 2.07. The van der Waals surface area contributed by atoms with Gasteiger partial charge in [0.2, 0.25) is 5.43 Å². The highest BCUT2D eigenvalue weighted by atomic mass is 35.5. The molecule has 0 saturated heterocycles. The second-order valence-corrected chi connectivity index (χ2v) is 4.24. The second-order valence-electron chi connectivity index (χ2n) is 3.80. The number of anilines is 1. The van der Waals surface area contributed by atoms with Crippen LogP contribution in [-0.4, -0.2) is 11.2 Å². The molecule has 0 unspecified atom stereocenters. The molecule has 1 heterocycles. The van der Waals surface area contributed by atoms with Gasteiger partial charge in [0, 0.05) is 16.8 Å². The molecule has 104 valence electrons. The van der Waals surface area contributed by atoms with E-state index < -0.39 is 17.3 Å². The van der Waals surface area contributed by atoms with Gasteiger partial charge in [-0.3, -0.25) is 10.1 Å². The van der Waals surface area contributed by atoms with Crippen LogP contribution in [0.25, 0.3) is 0 Å². The van der Waals surface area contributed by atoms with Gasteiger partial charge in [-0.25, -0.2) is 4.79 Å². The average Bonchev–Trinajstić information content (AvgIpc) is 2.43. The number of hydrogen-bond acceptors (Lipinski definition) is 5. The Labute approximate surface area is 118 Å². The van der Waals surface area contributed by atoms with Crippen molar-refractivity contribution < 1.29 is 19.1 Å². The molecule has 0 spiro atoms. The molecule has 1 aromatic carbocycles. The first-order valence-corrected chi connectivity index (χ1v) is 5.92. The lowest BCUT2D eigenvalue weighted by Crippen LogP contribution is -2.14. The summed E-state index contributed by atoms with van der Waals surface area (Å²) in [6.07, 6.45) is 0.182. The Bertz CT molecular complexity index is 665. The van der Waals surface area contributed by atoms with Crippen molar-refractivity contribution >= 4 is 23.4 Å². The molecule has 2 rings (SSSR count). The average molecular weight is 296 g/mol. The lowest BCUT2D eigenvalue weighted by Gasteiger charge is -2.06. The van der Waals surface area contributed by atoms with Gasteiger partial charge in [-0.05, 0) is 24.3 Å². The number of amides is 1. The number of aromatic hydroxyl groups is 1. The molecule has 20 heavy (non-hydrogen) atoms. The third kappa shape index (κ3) is 3.76. The third-order valence-electron chi connectivity index (χ3n) is 2.30. The Morgan fingerprint density at radius 2 is 2.05 bits per heavy atom. The van der Waals surface area contributed by atoms with E-state index in [1.807, 2.05) is 0 Å². The lowest BCUT2D eigenvalue weighted by atomic mass is 10.3. The molecular weight excluding hydrogens is 286 g/mol. The van der Waals surface area contributed by atoms with Crippen LogP contribution in [0.5, 0.6) is 5.75 Å². The molecule has 0 atom stereocenters. The Hall–Kier alpha value is -2.47. The Kier molecular flexibility index (Phi) is 4.27. The van der Waals surface area contributed by atoms with E-state index in [2.05, 4.69) is 5.32 Å². The molecule has 0 saturated carbocycles. The van der Waals surface area contributed by atoms with Crippen molar-refractivity contribution in [2.45, 2.75) is 6.61 Å². The molecule has 0 bridgehead atoms. The molecule has 2 aromatic rings. The third-order valence-corrected chi connectivity index (χ3v) is 2.55. The quantitative estimate of drug-likeness (QED) is 0.909. The van der Waals surface area contributed by atoms with Crippen LogP contribution in [0.2, 0.25) is 5.02 Å². The summed E-state index contributed by atoms with van der Waals surface area (Å²) in [6.45, 7) is -0.227. The van der Waals surface area contributed by atoms with Crippen molar-refractivity contribution in [3.8, 4) is 5.75 Å². The van der Waals surface area contributed by atoms with Gasteiger partial charge < -0.3 is 14.3 Å². The molecule has 1 aromatic heterocycles. The number of rotatable bonds is 3. The van der Waals surface area contributed by atoms with Crippen LogP contribution in [0.1, 0.15) is 5.76 Å². The topological polar surface area (TPSA) is 88.8 Å². The minimum atomic E-state index is -0.706. The fourth-order valence-electron chi connectivity index (χ4n) is 1.34. The molecule has 1 amide bonds. The van der Waals surface area contributed by atoms with Crippen LogP contribution in [0.3, 0.4) is 0 Å². The maximum Gasteiger partial charge on any atom is 0.412 e. The standard InChI is InChI=1S/C13H10ClNO5/c14-8-1-3-9(4-2-8)15-13(18)20-6-10-5-11(16)12(17)7-19-10/h1-5,7,17H,6H2,(H,15,18). The molecule has 6 nitrogen and oxygen atoms in total. The van der Waals surface area contributed by atoms with E-state index in [0.717, 1.165) is 12.3 Å². The zero-order valence-corrected chi connectivity index (χ0v) is 10.9. The Balaban J connectivity index is 1.90. The maximum absolute atomic E-state index is 11.5. The largest absolute Gasteiger partial charge is 0.502 e. The van der Waals surface area contributed by atoms with Crippen molar-refractivity contribution in [2.75, 3.05) is 5.32 Å². The molecule has 0 aliphatic carbocycles. The summed E-state index contributed by atoms with van der Waals surface area (Å²) < 4.78 is 9.74. The van der Waals surface area contributed by atoms with Gasteiger partial charge in [0.15, 0.2) is 12.4 Å². The lowest BCUT2D eigenvalue weighted by molar-refractivity contribution is 0.144. The summed E-state index contributed by atoms with van der Waals surface area (Å²) >= 11 is 5.71. The zero-order chi connectivity index (χ0) is 14.5. The minimum Gasteiger partial charge on any atom is -0.502 e. The maximum atomic E-state index is 11.5. The monoisotopic (exact) mass is 295 g/mol. The Morgan fingerprint density at radius 3 is 2.70 bits per heavy atom.